The van der Waals surface area contributed by atoms with Gasteiger partial charge < -0.3 is 15.0 Å². The molecular formula is C16H16Cl4N2O2. The molecule has 0 saturated carbocycles. The van der Waals surface area contributed by atoms with Crippen LogP contribution in [0.2, 0.25) is 15.1 Å². The molecule has 0 aliphatic carbocycles. The third-order valence-corrected chi connectivity index (χ3v) is 3.82. The monoisotopic (exact) mass is 408 g/mol. The molecule has 2 rings (SSSR count). The van der Waals surface area contributed by atoms with Crippen LogP contribution in [0.5, 0.6) is 11.5 Å². The number of halogens is 4. The molecule has 0 unspecified atom stereocenters. The molecule has 1 amide bonds. The topological polar surface area (TPSA) is 41.6 Å². The van der Waals surface area contributed by atoms with Crippen LogP contribution in [-0.2, 0) is 4.79 Å². The van der Waals surface area contributed by atoms with E-state index in [-0.39, 0.29) is 18.3 Å². The van der Waals surface area contributed by atoms with Crippen LogP contribution >= 0.6 is 47.2 Å². The number of hydrogen-bond donors (Lipinski definition) is 1. The molecule has 0 spiro atoms. The molecule has 2 aromatic carbocycles. The maximum Gasteiger partial charge on any atom is 0.238 e. The lowest BCUT2D eigenvalue weighted by Crippen LogP contribution is -2.26. The third-order valence-electron chi connectivity index (χ3n) is 2.80. The highest BCUT2D eigenvalue weighted by atomic mass is 35.5. The van der Waals surface area contributed by atoms with Gasteiger partial charge >= 0.3 is 0 Å². The van der Waals surface area contributed by atoms with E-state index < -0.39 is 0 Å². The second-order valence-electron chi connectivity index (χ2n) is 5.11. The van der Waals surface area contributed by atoms with Crippen LogP contribution in [0.1, 0.15) is 0 Å². The van der Waals surface area contributed by atoms with Crippen LogP contribution in [-0.4, -0.2) is 31.4 Å². The summed E-state index contributed by atoms with van der Waals surface area (Å²) < 4.78 is 5.67. The summed E-state index contributed by atoms with van der Waals surface area (Å²) in [7, 11) is 3.66. The normalized spacial score (nSPS) is 10.2. The number of anilines is 1. The van der Waals surface area contributed by atoms with Crippen LogP contribution in [0.3, 0.4) is 0 Å². The Balaban J connectivity index is 0.00000288. The second kappa shape index (κ2) is 9.35. The van der Waals surface area contributed by atoms with Crippen molar-refractivity contribution >= 4 is 58.8 Å². The Labute approximate surface area is 162 Å². The number of carbonyl (C=O) groups excluding carboxylic acids is 1. The molecular weight excluding hydrogens is 394 g/mol. The summed E-state index contributed by atoms with van der Waals surface area (Å²) in [4.78, 5) is 13.5. The molecule has 8 heteroatoms. The predicted molar refractivity (Wildman–Crippen MR) is 102 cm³/mol. The fraction of sp³-hybridized carbons (Fsp3) is 0.188. The van der Waals surface area contributed by atoms with Gasteiger partial charge in [-0.15, -0.1) is 12.4 Å². The highest BCUT2D eigenvalue weighted by Crippen LogP contribution is 2.36. The van der Waals surface area contributed by atoms with E-state index >= 15 is 0 Å². The minimum atomic E-state index is -0.0869. The lowest BCUT2D eigenvalue weighted by molar-refractivity contribution is -0.116. The van der Waals surface area contributed by atoms with Crippen LogP contribution in [0.15, 0.2) is 36.4 Å². The van der Waals surface area contributed by atoms with Crippen molar-refractivity contribution in [2.75, 3.05) is 26.0 Å². The Morgan fingerprint density at radius 3 is 2.21 bits per heavy atom. The lowest BCUT2D eigenvalue weighted by Gasteiger charge is -2.11. The number of rotatable bonds is 5. The van der Waals surface area contributed by atoms with Gasteiger partial charge in [-0.3, -0.25) is 4.79 Å². The Kier molecular flexibility index (Phi) is 8.13. The molecule has 130 valence electrons. The van der Waals surface area contributed by atoms with E-state index in [9.17, 15) is 4.79 Å². The maximum atomic E-state index is 11.7. The summed E-state index contributed by atoms with van der Waals surface area (Å²) in [6.07, 6.45) is 0. The van der Waals surface area contributed by atoms with E-state index in [1.807, 2.05) is 14.1 Å². The van der Waals surface area contributed by atoms with Crippen LogP contribution in [0, 0.1) is 0 Å². The third kappa shape index (κ3) is 6.04. The molecule has 0 bridgehead atoms. The van der Waals surface area contributed by atoms with Gasteiger partial charge in [0.2, 0.25) is 5.91 Å². The largest absolute Gasteiger partial charge is 0.456 e. The summed E-state index contributed by atoms with van der Waals surface area (Å²) in [5.74, 6) is 0.887. The smallest absolute Gasteiger partial charge is 0.238 e. The predicted octanol–water partition coefficient (Wildman–Crippen LogP) is 5.36. The maximum absolute atomic E-state index is 11.7. The number of benzene rings is 2. The molecule has 0 atom stereocenters. The summed E-state index contributed by atoms with van der Waals surface area (Å²) in [5, 5.41) is 3.88. The van der Waals surface area contributed by atoms with Crippen LogP contribution in [0.4, 0.5) is 5.69 Å². The second-order valence-corrected chi connectivity index (χ2v) is 6.33. The van der Waals surface area contributed by atoms with Gasteiger partial charge in [0, 0.05) is 11.8 Å². The first-order valence-corrected chi connectivity index (χ1v) is 7.85. The molecule has 4 nitrogen and oxygen atoms in total. The number of nitrogens with one attached hydrogen (secondary N) is 1. The van der Waals surface area contributed by atoms with E-state index in [4.69, 9.17) is 39.5 Å². The summed E-state index contributed by atoms with van der Waals surface area (Å²) >= 11 is 17.9. The molecule has 24 heavy (non-hydrogen) atoms. The minimum Gasteiger partial charge on any atom is -0.456 e. The van der Waals surface area contributed by atoms with Crippen LogP contribution < -0.4 is 10.1 Å². The fourth-order valence-electron chi connectivity index (χ4n) is 1.80. The number of ether oxygens (including phenoxy) is 1. The lowest BCUT2D eigenvalue weighted by atomic mass is 10.3. The van der Waals surface area contributed by atoms with E-state index in [1.54, 1.807) is 35.2 Å². The molecule has 0 fully saturated rings. The zero-order valence-electron chi connectivity index (χ0n) is 13.0. The average molecular weight is 410 g/mol. The van der Waals surface area contributed by atoms with Gasteiger partial charge in [-0.25, -0.2) is 0 Å². The fourth-order valence-corrected chi connectivity index (χ4v) is 2.38. The summed E-state index contributed by atoms with van der Waals surface area (Å²) in [6, 6.07) is 10.0. The van der Waals surface area contributed by atoms with Gasteiger partial charge in [-0.2, -0.15) is 0 Å². The standard InChI is InChI=1S/C16H15Cl3N2O2.ClH/c1-21(2)9-16(22)20-10-3-5-11(6-4-10)23-15-8-13(18)12(17)7-14(15)19;/h3-8H,9H2,1-2H3,(H,20,22);1H. The summed E-state index contributed by atoms with van der Waals surface area (Å²) in [6.45, 7) is 0.317. The van der Waals surface area contributed by atoms with Crippen molar-refractivity contribution in [2.24, 2.45) is 0 Å². The highest BCUT2D eigenvalue weighted by Gasteiger charge is 2.09. The number of hydrogen-bond acceptors (Lipinski definition) is 3. The Morgan fingerprint density at radius 2 is 1.62 bits per heavy atom. The number of amides is 1. The van der Waals surface area contributed by atoms with Crippen molar-refractivity contribution in [3.8, 4) is 11.5 Å². The Hall–Kier alpha value is -1.17. The van der Waals surface area contributed by atoms with Gasteiger partial charge in [0.1, 0.15) is 11.5 Å². The zero-order valence-corrected chi connectivity index (χ0v) is 16.1. The first-order chi connectivity index (χ1) is 10.8. The Morgan fingerprint density at radius 1 is 1.04 bits per heavy atom. The van der Waals surface area contributed by atoms with Gasteiger partial charge in [0.05, 0.1) is 21.6 Å². The number of carbonyl (C=O) groups is 1. The SMILES string of the molecule is CN(C)CC(=O)Nc1ccc(Oc2cc(Cl)c(Cl)cc2Cl)cc1.Cl. The van der Waals surface area contributed by atoms with Gasteiger partial charge in [-0.05, 0) is 44.4 Å². The molecule has 0 heterocycles. The molecule has 0 aliphatic heterocycles. The Bertz CT molecular complexity index is 706. The van der Waals surface area contributed by atoms with Crippen LogP contribution in [0.25, 0.3) is 0 Å². The first kappa shape index (κ1) is 20.9. The molecule has 1 N–H and O–H groups in total. The molecule has 0 saturated heterocycles. The van der Waals surface area contributed by atoms with E-state index in [1.165, 1.54) is 6.07 Å². The van der Waals surface area contributed by atoms with E-state index in [0.29, 0.717) is 38.8 Å². The average Bonchev–Trinajstić information content (AvgIpc) is 2.46. The first-order valence-electron chi connectivity index (χ1n) is 6.72. The van der Waals surface area contributed by atoms with Crippen molar-refractivity contribution in [3.63, 3.8) is 0 Å². The van der Waals surface area contributed by atoms with Crippen molar-refractivity contribution in [2.45, 2.75) is 0 Å². The molecule has 0 aromatic heterocycles. The van der Waals surface area contributed by atoms with Crippen molar-refractivity contribution in [3.05, 3.63) is 51.5 Å². The van der Waals surface area contributed by atoms with Crippen molar-refractivity contribution in [1.29, 1.82) is 0 Å². The van der Waals surface area contributed by atoms with Crippen molar-refractivity contribution in [1.82, 2.24) is 4.90 Å². The molecule has 0 radical (unpaired) electrons. The summed E-state index contributed by atoms with van der Waals surface area (Å²) in [5.41, 5.74) is 0.685. The number of likely N-dealkylation sites (N-methyl/N-ethyl adjacent to an activating group) is 1. The zero-order chi connectivity index (χ0) is 17.0. The van der Waals surface area contributed by atoms with Gasteiger partial charge in [0.15, 0.2) is 0 Å². The van der Waals surface area contributed by atoms with Gasteiger partial charge in [-0.1, -0.05) is 34.8 Å². The molecule has 0 aliphatic rings. The van der Waals surface area contributed by atoms with E-state index in [0.717, 1.165) is 0 Å². The number of nitrogens with zero attached hydrogens (tertiary/aromatic N) is 1. The molecule has 2 aromatic rings. The highest BCUT2D eigenvalue weighted by molar-refractivity contribution is 6.43. The minimum absolute atomic E-state index is 0. The van der Waals surface area contributed by atoms with E-state index in [2.05, 4.69) is 5.32 Å². The van der Waals surface area contributed by atoms with Crippen molar-refractivity contribution < 1.29 is 9.53 Å². The van der Waals surface area contributed by atoms with Gasteiger partial charge in [0.25, 0.3) is 0 Å². The quantitative estimate of drug-likeness (QED) is 0.675.